The van der Waals surface area contributed by atoms with Crippen LogP contribution in [-0.4, -0.2) is 21.3 Å². The van der Waals surface area contributed by atoms with Gasteiger partial charge in [-0.3, -0.25) is 4.79 Å². The summed E-state index contributed by atoms with van der Waals surface area (Å²) in [6, 6.07) is 8.93. The van der Waals surface area contributed by atoms with E-state index >= 15 is 0 Å². The number of hydrogen-bond acceptors (Lipinski definition) is 3. The predicted molar refractivity (Wildman–Crippen MR) is 99.5 cm³/mol. The number of hydrogen-bond donors (Lipinski definition) is 2. The number of carboxylic acids is 1. The molecule has 0 amide bonds. The van der Waals surface area contributed by atoms with Gasteiger partial charge in [-0.15, -0.1) is 11.8 Å². The van der Waals surface area contributed by atoms with Gasteiger partial charge in [-0.1, -0.05) is 36.0 Å². The maximum Gasteiger partial charge on any atom is 0.304 e. The first-order chi connectivity index (χ1) is 11.9. The number of halogens is 3. The van der Waals surface area contributed by atoms with Crippen LogP contribution >= 0.6 is 35.6 Å². The molecule has 0 bridgehead atoms. The Balaban J connectivity index is 2.15. The molecule has 0 saturated carbocycles. The lowest BCUT2D eigenvalue weighted by atomic mass is 10.0. The van der Waals surface area contributed by atoms with Gasteiger partial charge in [0.15, 0.2) is 11.6 Å². The number of rotatable bonds is 3. The highest BCUT2D eigenvalue weighted by Gasteiger charge is 2.32. The molecule has 1 heterocycles. The van der Waals surface area contributed by atoms with Crippen molar-refractivity contribution in [3.05, 3.63) is 64.2 Å². The lowest BCUT2D eigenvalue weighted by Gasteiger charge is -2.21. The lowest BCUT2D eigenvalue weighted by molar-refractivity contribution is -0.136. The molecule has 0 aromatic heterocycles. The number of carboxylic acid groups (broad SMARTS) is 1. The summed E-state index contributed by atoms with van der Waals surface area (Å²) in [5.41, 5.74) is 1.34. The zero-order valence-corrected chi connectivity index (χ0v) is 15.0. The number of benzene rings is 2. The summed E-state index contributed by atoms with van der Waals surface area (Å²) >= 11 is 12.6. The minimum Gasteiger partial charge on any atom is -0.481 e. The summed E-state index contributed by atoms with van der Waals surface area (Å²) in [6.45, 7) is 0. The maximum atomic E-state index is 14.4. The second-order valence-electron chi connectivity index (χ2n) is 5.47. The summed E-state index contributed by atoms with van der Waals surface area (Å²) in [5, 5.41) is 11.3. The largest absolute Gasteiger partial charge is 0.481 e. The normalized spacial score (nSPS) is 19.7. The fraction of sp³-hybridized carbons (Fsp3) is 0.176. The first-order valence-corrected chi connectivity index (χ1v) is 9.01. The number of carbonyl (C=O) groups is 1. The number of fused-ring (bicyclic) bond motifs is 1. The second-order valence-corrected chi connectivity index (χ2v) is 7.66. The Morgan fingerprint density at radius 3 is 2.76 bits per heavy atom. The van der Waals surface area contributed by atoms with Crippen molar-refractivity contribution in [3.63, 3.8) is 0 Å². The van der Waals surface area contributed by atoms with Gasteiger partial charge in [0, 0.05) is 16.3 Å². The van der Waals surface area contributed by atoms with Crippen LogP contribution in [0, 0.1) is 11.6 Å². The van der Waals surface area contributed by atoms with E-state index in [9.17, 15) is 13.6 Å². The van der Waals surface area contributed by atoms with Crippen LogP contribution in [0.5, 0.6) is 0 Å². The molecular formula is C17H12ClF2NO2S2. The minimum atomic E-state index is -1.02. The van der Waals surface area contributed by atoms with Gasteiger partial charge in [0.05, 0.1) is 21.9 Å². The number of anilines is 1. The fourth-order valence-corrected chi connectivity index (χ4v) is 4.60. The van der Waals surface area contributed by atoms with Crippen LogP contribution in [0.15, 0.2) is 36.4 Å². The van der Waals surface area contributed by atoms with Crippen molar-refractivity contribution >= 4 is 52.2 Å². The van der Waals surface area contributed by atoms with E-state index in [-0.39, 0.29) is 12.0 Å². The molecule has 2 N–H and O–H groups in total. The quantitative estimate of drug-likeness (QED) is 0.708. The molecule has 0 radical (unpaired) electrons. The molecule has 0 saturated heterocycles. The fourth-order valence-electron chi connectivity index (χ4n) is 2.64. The van der Waals surface area contributed by atoms with E-state index in [2.05, 4.69) is 5.32 Å². The van der Waals surface area contributed by atoms with Gasteiger partial charge in [0.25, 0.3) is 0 Å². The van der Waals surface area contributed by atoms with Crippen LogP contribution in [0.25, 0.3) is 0 Å². The molecule has 130 valence electrons. The van der Waals surface area contributed by atoms with E-state index in [1.807, 2.05) is 0 Å². The molecule has 2 aromatic carbocycles. The maximum absolute atomic E-state index is 14.4. The third-order valence-electron chi connectivity index (χ3n) is 3.77. The second kappa shape index (κ2) is 7.27. The van der Waals surface area contributed by atoms with E-state index in [0.717, 1.165) is 6.07 Å². The number of thioether (sulfide) groups is 1. The summed E-state index contributed by atoms with van der Waals surface area (Å²) in [7, 11) is 0. The molecule has 0 fully saturated rings. The monoisotopic (exact) mass is 399 g/mol. The van der Waals surface area contributed by atoms with Crippen LogP contribution in [-0.2, 0) is 4.79 Å². The van der Waals surface area contributed by atoms with Gasteiger partial charge < -0.3 is 10.4 Å². The highest BCUT2D eigenvalue weighted by Crippen LogP contribution is 2.46. The van der Waals surface area contributed by atoms with Crippen LogP contribution in [0.4, 0.5) is 14.5 Å². The first-order valence-electron chi connectivity index (χ1n) is 7.28. The van der Waals surface area contributed by atoms with E-state index < -0.39 is 28.1 Å². The molecular weight excluding hydrogens is 388 g/mol. The van der Waals surface area contributed by atoms with Gasteiger partial charge in [-0.05, 0) is 29.8 Å². The average molecular weight is 400 g/mol. The van der Waals surface area contributed by atoms with Crippen LogP contribution < -0.4 is 5.32 Å². The topological polar surface area (TPSA) is 49.3 Å². The molecule has 1 aliphatic heterocycles. The van der Waals surface area contributed by atoms with Crippen molar-refractivity contribution in [1.29, 1.82) is 0 Å². The zero-order valence-electron chi connectivity index (χ0n) is 12.6. The number of aliphatic carboxylic acids is 1. The molecule has 1 aliphatic rings. The van der Waals surface area contributed by atoms with Crippen LogP contribution in [0.3, 0.4) is 0 Å². The molecule has 2 atom stereocenters. The van der Waals surface area contributed by atoms with E-state index in [4.69, 9.17) is 28.9 Å². The Morgan fingerprint density at radius 2 is 2.04 bits per heavy atom. The third-order valence-corrected chi connectivity index (χ3v) is 6.05. The van der Waals surface area contributed by atoms with Crippen molar-refractivity contribution in [1.82, 2.24) is 0 Å². The van der Waals surface area contributed by atoms with Gasteiger partial charge in [-0.2, -0.15) is 0 Å². The molecule has 3 rings (SSSR count). The Kier molecular flexibility index (Phi) is 5.27. The molecule has 0 spiro atoms. The average Bonchev–Trinajstić information content (AvgIpc) is 2.67. The molecule has 8 heteroatoms. The van der Waals surface area contributed by atoms with Crippen LogP contribution in [0.1, 0.15) is 22.8 Å². The Labute approximate surface area is 157 Å². The highest BCUT2D eigenvalue weighted by molar-refractivity contribution is 8.02. The van der Waals surface area contributed by atoms with Gasteiger partial charge in [0.1, 0.15) is 0 Å². The SMILES string of the molecule is O=C(O)CC1SC(c2cccc(F)c2F)c2cc(Cl)ccc2NC1=S. The van der Waals surface area contributed by atoms with E-state index in [0.29, 0.717) is 21.3 Å². The van der Waals surface area contributed by atoms with Gasteiger partial charge in [0.2, 0.25) is 0 Å². The smallest absolute Gasteiger partial charge is 0.304 e. The zero-order chi connectivity index (χ0) is 18.1. The summed E-state index contributed by atoms with van der Waals surface area (Å²) in [4.78, 5) is 11.5. The lowest BCUT2D eigenvalue weighted by Crippen LogP contribution is -2.24. The van der Waals surface area contributed by atoms with Crippen LogP contribution in [0.2, 0.25) is 5.02 Å². The summed E-state index contributed by atoms with van der Waals surface area (Å²) < 4.78 is 28.1. The third kappa shape index (κ3) is 3.78. The summed E-state index contributed by atoms with van der Waals surface area (Å²) in [6.07, 6.45) is -0.231. The van der Waals surface area contributed by atoms with Crippen molar-refractivity contribution in [2.75, 3.05) is 5.32 Å². The number of nitrogens with one attached hydrogen (secondary N) is 1. The van der Waals surface area contributed by atoms with Gasteiger partial charge >= 0.3 is 5.97 Å². The van der Waals surface area contributed by atoms with E-state index in [1.165, 1.54) is 23.9 Å². The van der Waals surface area contributed by atoms with Crippen molar-refractivity contribution in [2.45, 2.75) is 16.9 Å². The van der Waals surface area contributed by atoms with Crippen molar-refractivity contribution in [3.8, 4) is 0 Å². The standard InChI is InChI=1S/C17H12ClF2NO2S2/c18-8-4-5-12-10(6-8)16(9-2-1-3-11(19)15(9)20)25-13(7-14(22)23)17(24)21-12/h1-6,13,16H,7H2,(H,21,24)(H,22,23). The first kappa shape index (κ1) is 18.1. The predicted octanol–water partition coefficient (Wildman–Crippen LogP) is 5.04. The molecule has 25 heavy (non-hydrogen) atoms. The molecule has 2 unspecified atom stereocenters. The Bertz CT molecular complexity index is 863. The number of thiocarbonyl (C=S) groups is 1. The van der Waals surface area contributed by atoms with Gasteiger partial charge in [-0.25, -0.2) is 8.78 Å². The molecule has 3 nitrogen and oxygen atoms in total. The van der Waals surface area contributed by atoms with E-state index in [1.54, 1.807) is 18.2 Å². The summed E-state index contributed by atoms with van der Waals surface area (Å²) in [5.74, 6) is -2.95. The molecule has 0 aliphatic carbocycles. The van der Waals surface area contributed by atoms with Crippen molar-refractivity contribution < 1.29 is 18.7 Å². The minimum absolute atomic E-state index is 0.121. The Morgan fingerprint density at radius 1 is 1.28 bits per heavy atom. The molecule has 2 aromatic rings. The van der Waals surface area contributed by atoms with Crippen molar-refractivity contribution in [2.24, 2.45) is 0 Å². The Hall–Kier alpha value is -1.70. The highest BCUT2D eigenvalue weighted by atomic mass is 35.5.